The SMILES string of the molecule is C.C=C1C=C(N)C=CN1[C@@H]1O[C@@](CO)(N=[N+]=[N-])C(O)[C@@H]1O.C=C1N=C(N)C=CN1[C@@H]1O[C@H](CO)C(O)[C@]1(C)F.C[C@]1(O)C(O)[C@@H](CO)O[C@H]1n1ccc2c(N)ncnc21. The average molecular weight is 835 g/mol. The van der Waals surface area contributed by atoms with Gasteiger partial charge in [-0.25, -0.2) is 19.4 Å². The van der Waals surface area contributed by atoms with Crippen molar-refractivity contribution >= 4 is 22.7 Å². The molecule has 23 nitrogen and oxygen atoms in total. The molecule has 12 atom stereocenters. The molecule has 0 saturated carbocycles. The van der Waals surface area contributed by atoms with Crippen LogP contribution in [0.25, 0.3) is 21.5 Å². The molecule has 5 aliphatic rings. The van der Waals surface area contributed by atoms with Crippen LogP contribution in [0.4, 0.5) is 10.2 Å². The van der Waals surface area contributed by atoms with Crippen LogP contribution < -0.4 is 17.2 Å². The molecular weight excluding hydrogens is 783 g/mol. The fourth-order valence-corrected chi connectivity index (χ4v) is 6.77. The van der Waals surface area contributed by atoms with Gasteiger partial charge in [-0.2, -0.15) is 0 Å². The summed E-state index contributed by atoms with van der Waals surface area (Å²) < 4.78 is 32.3. The van der Waals surface area contributed by atoms with E-state index in [4.69, 9.17) is 42.0 Å². The molecule has 3 fully saturated rings. The van der Waals surface area contributed by atoms with Gasteiger partial charge in [0, 0.05) is 34.9 Å². The molecule has 5 aliphatic heterocycles. The van der Waals surface area contributed by atoms with Crippen molar-refractivity contribution in [1.29, 1.82) is 0 Å². The minimum Gasteiger partial charge on any atom is -0.399 e. The van der Waals surface area contributed by atoms with Crippen molar-refractivity contribution in [3.8, 4) is 0 Å². The number of aliphatic imine (C=N–C) groups is 1. The second-order valence-electron chi connectivity index (χ2n) is 14.1. The first-order valence-corrected chi connectivity index (χ1v) is 17.5. The molecule has 0 aromatic carbocycles. The second-order valence-corrected chi connectivity index (χ2v) is 14.1. The van der Waals surface area contributed by atoms with Crippen LogP contribution in [0, 0.1) is 0 Å². The van der Waals surface area contributed by atoms with Crippen LogP contribution in [-0.4, -0.2) is 157 Å². The Labute approximate surface area is 337 Å². The summed E-state index contributed by atoms with van der Waals surface area (Å²) in [5.41, 5.74) is 21.2. The lowest BCUT2D eigenvalue weighted by Gasteiger charge is -2.34. The van der Waals surface area contributed by atoms with Gasteiger partial charge >= 0.3 is 0 Å². The van der Waals surface area contributed by atoms with Gasteiger partial charge < -0.3 is 86.6 Å². The van der Waals surface area contributed by atoms with E-state index in [0.717, 1.165) is 0 Å². The lowest BCUT2D eigenvalue weighted by molar-refractivity contribution is -0.130. The van der Waals surface area contributed by atoms with Crippen LogP contribution in [0.2, 0.25) is 0 Å². The van der Waals surface area contributed by atoms with Crippen LogP contribution in [-0.2, 0) is 14.2 Å². The third-order valence-electron chi connectivity index (χ3n) is 10.0. The van der Waals surface area contributed by atoms with Crippen LogP contribution in [0.15, 0.2) is 89.7 Å². The summed E-state index contributed by atoms with van der Waals surface area (Å²) in [6, 6.07) is 1.71. The number of hydrogen-bond acceptors (Lipinski definition) is 20. The minimum absolute atomic E-state index is 0. The number of azide groups is 1. The predicted octanol–water partition coefficient (Wildman–Crippen LogP) is -1.65. The topological polar surface area (TPSA) is 366 Å². The molecule has 2 aromatic heterocycles. The number of ether oxygens (including phenoxy) is 3. The number of halogens is 1. The molecule has 324 valence electrons. The van der Waals surface area contributed by atoms with Gasteiger partial charge in [0.1, 0.15) is 71.7 Å². The van der Waals surface area contributed by atoms with Gasteiger partial charge in [0.05, 0.1) is 25.2 Å². The zero-order valence-corrected chi connectivity index (χ0v) is 31.3. The van der Waals surface area contributed by atoms with E-state index >= 15 is 0 Å². The van der Waals surface area contributed by atoms with Gasteiger partial charge in [-0.15, -0.1) is 0 Å². The first kappa shape index (κ1) is 46.5. The van der Waals surface area contributed by atoms with Crippen LogP contribution in [0.3, 0.4) is 0 Å². The fraction of sp³-hybridized carbons (Fsp3) is 0.514. The number of aliphatic hydroxyl groups is 8. The number of hydrogen-bond donors (Lipinski definition) is 11. The number of aromatic nitrogens is 3. The van der Waals surface area contributed by atoms with Crippen LogP contribution in [0.5, 0.6) is 0 Å². The van der Waals surface area contributed by atoms with Gasteiger partial charge in [0.15, 0.2) is 24.4 Å². The Balaban J connectivity index is 0.000000194. The zero-order chi connectivity index (χ0) is 42.9. The van der Waals surface area contributed by atoms with E-state index in [2.05, 4.69) is 38.1 Å². The summed E-state index contributed by atoms with van der Waals surface area (Å²) in [7, 11) is 0. The van der Waals surface area contributed by atoms with Gasteiger partial charge in [0.2, 0.25) is 5.72 Å². The highest BCUT2D eigenvalue weighted by atomic mass is 19.1. The van der Waals surface area contributed by atoms with Crippen LogP contribution in [0.1, 0.15) is 27.5 Å². The number of amidine groups is 1. The number of allylic oxidation sites excluding steroid dienone is 2. The molecule has 3 unspecified atom stereocenters. The van der Waals surface area contributed by atoms with Crippen molar-refractivity contribution < 1.29 is 59.5 Å². The van der Waals surface area contributed by atoms with Crippen molar-refractivity contribution in [2.45, 2.75) is 93.6 Å². The molecule has 2 aromatic rings. The maximum Gasteiger partial charge on any atom is 0.200 e. The van der Waals surface area contributed by atoms with Crippen molar-refractivity contribution in [3.05, 3.63) is 90.0 Å². The molecule has 0 bridgehead atoms. The lowest BCUT2D eigenvalue weighted by Crippen LogP contribution is -2.48. The quantitative estimate of drug-likeness (QED) is 0.0845. The van der Waals surface area contributed by atoms with E-state index in [1.54, 1.807) is 29.0 Å². The second kappa shape index (κ2) is 18.0. The van der Waals surface area contributed by atoms with Crippen LogP contribution >= 0.6 is 0 Å². The maximum absolute atomic E-state index is 14.5. The molecule has 14 N–H and O–H groups in total. The monoisotopic (exact) mass is 834 g/mol. The smallest absolute Gasteiger partial charge is 0.200 e. The molecule has 24 heteroatoms. The summed E-state index contributed by atoms with van der Waals surface area (Å²) in [5.74, 6) is 0.800. The third kappa shape index (κ3) is 8.61. The Morgan fingerprint density at radius 1 is 0.949 bits per heavy atom. The highest BCUT2D eigenvalue weighted by molar-refractivity contribution is 5.92. The number of anilines is 1. The Morgan fingerprint density at radius 3 is 2.14 bits per heavy atom. The Bertz CT molecular complexity index is 2040. The Hall–Kier alpha value is -5.21. The summed E-state index contributed by atoms with van der Waals surface area (Å²) in [6.45, 7) is 8.44. The first-order chi connectivity index (χ1) is 27.3. The Morgan fingerprint density at radius 2 is 1.58 bits per heavy atom. The highest BCUT2D eigenvalue weighted by Gasteiger charge is 2.57. The Kier molecular flexibility index (Phi) is 14.1. The average Bonchev–Trinajstić information content (AvgIpc) is 3.85. The molecular formula is C35H51FN12O11. The summed E-state index contributed by atoms with van der Waals surface area (Å²) in [6.07, 6.45) is 0.0978. The molecule has 3 saturated heterocycles. The number of fused-ring (bicyclic) bond motifs is 1. The maximum atomic E-state index is 14.5. The van der Waals surface area contributed by atoms with Gasteiger partial charge in [-0.1, -0.05) is 25.7 Å². The summed E-state index contributed by atoms with van der Waals surface area (Å²) >= 11 is 0. The molecule has 7 rings (SSSR count). The van der Waals surface area contributed by atoms with Crippen molar-refractivity contribution in [1.82, 2.24) is 24.3 Å². The minimum atomic E-state index is -2.05. The lowest BCUT2D eigenvalue weighted by atomic mass is 9.96. The fourth-order valence-electron chi connectivity index (χ4n) is 6.77. The van der Waals surface area contributed by atoms with Gasteiger partial charge in [0.25, 0.3) is 0 Å². The zero-order valence-electron chi connectivity index (χ0n) is 31.3. The number of nitrogen functional groups attached to an aromatic ring is 1. The van der Waals surface area contributed by atoms with Gasteiger partial charge in [-0.3, -0.25) is 0 Å². The number of nitrogens with two attached hydrogens (primary N) is 3. The third-order valence-corrected chi connectivity index (χ3v) is 10.0. The normalized spacial score (nSPS) is 36.2. The number of alkyl halides is 1. The van der Waals surface area contributed by atoms with E-state index in [0.29, 0.717) is 28.2 Å². The highest BCUT2D eigenvalue weighted by Crippen LogP contribution is 2.41. The molecule has 0 spiro atoms. The molecule has 0 radical (unpaired) electrons. The number of nitrogens with zero attached hydrogens (tertiary/aromatic N) is 9. The molecule has 59 heavy (non-hydrogen) atoms. The van der Waals surface area contributed by atoms with E-state index < -0.39 is 85.5 Å². The largest absolute Gasteiger partial charge is 0.399 e. The van der Waals surface area contributed by atoms with E-state index in [-0.39, 0.29) is 25.7 Å². The molecule has 0 aliphatic carbocycles. The van der Waals surface area contributed by atoms with Crippen molar-refractivity contribution in [2.75, 3.05) is 25.6 Å². The van der Waals surface area contributed by atoms with E-state index in [1.807, 2.05) is 0 Å². The number of rotatable bonds is 7. The molecule has 0 amide bonds. The van der Waals surface area contributed by atoms with Crippen molar-refractivity contribution in [3.63, 3.8) is 0 Å². The predicted molar refractivity (Wildman–Crippen MR) is 208 cm³/mol. The van der Waals surface area contributed by atoms with E-state index in [9.17, 15) is 40.1 Å². The molecule has 7 heterocycles. The summed E-state index contributed by atoms with van der Waals surface area (Å²) in [5, 5.41) is 81.6. The number of aliphatic hydroxyl groups excluding tert-OH is 7. The summed E-state index contributed by atoms with van der Waals surface area (Å²) in [4.78, 5) is 17.2. The van der Waals surface area contributed by atoms with E-state index in [1.165, 1.54) is 48.5 Å². The van der Waals surface area contributed by atoms with Crippen molar-refractivity contribution in [2.24, 2.45) is 21.6 Å². The standard InChI is InChI=1S/C12H16N4O4.C11H16FN3O3.C11H15N5O4.CH4/c1-12(19)8(18)7(4-17)20-11(12)16-3-2-6-9(13)14-5-15-10(6)16;1-6-14-8(13)3-4-15(6)10-11(2,12)9(17)7(5-16)18-10;1-6-4-7(12)2-3-16(6)10-8(18)9(19)11(5-17,20-10)14-15-13;/h2-3,5,7-8,11,17-19H,4H2,1H3,(H2,13,14,15);3-4,7,9-10,16-17H,1,5H2,2H3,(H2,13,14);2-4,8-10,17-19H,1,5,12H2;1H4/t7-,8?,11-,12+;7-,9?,10-,11+;8-,9?,10+,11+;/m110./s1. The first-order valence-electron chi connectivity index (χ1n) is 17.5. The van der Waals surface area contributed by atoms with Gasteiger partial charge in [-0.05, 0) is 43.7 Å².